The molecule has 0 saturated heterocycles. The summed E-state index contributed by atoms with van der Waals surface area (Å²) < 4.78 is 17.4. The molecular weight excluding hydrogens is 396 g/mol. The van der Waals surface area contributed by atoms with Crippen molar-refractivity contribution in [3.05, 3.63) is 76.2 Å². The van der Waals surface area contributed by atoms with E-state index in [0.717, 1.165) is 22.4 Å². The van der Waals surface area contributed by atoms with Gasteiger partial charge in [0, 0.05) is 34.6 Å². The van der Waals surface area contributed by atoms with E-state index in [1.807, 2.05) is 38.1 Å². The van der Waals surface area contributed by atoms with Crippen molar-refractivity contribution in [2.75, 3.05) is 14.2 Å². The quantitative estimate of drug-likeness (QED) is 0.472. The summed E-state index contributed by atoms with van der Waals surface area (Å²) in [6.45, 7) is 3.97. The molecule has 158 valence electrons. The van der Waals surface area contributed by atoms with E-state index >= 15 is 0 Å². The van der Waals surface area contributed by atoms with Gasteiger partial charge in [-0.1, -0.05) is 11.2 Å². The fourth-order valence-corrected chi connectivity index (χ4v) is 3.29. The van der Waals surface area contributed by atoms with Gasteiger partial charge in [-0.15, -0.1) is 0 Å². The van der Waals surface area contributed by atoms with Gasteiger partial charge in [0.05, 0.1) is 27.0 Å². The third kappa shape index (κ3) is 4.05. The van der Waals surface area contributed by atoms with Gasteiger partial charge in [-0.05, 0) is 43.7 Å². The largest absolute Gasteiger partial charge is 0.493 e. The van der Waals surface area contributed by atoms with E-state index in [0.29, 0.717) is 28.5 Å². The van der Waals surface area contributed by atoms with Crippen molar-refractivity contribution in [3.8, 4) is 33.9 Å². The lowest BCUT2D eigenvalue weighted by molar-refractivity contribution is 0.355. The van der Waals surface area contributed by atoms with Crippen molar-refractivity contribution in [2.24, 2.45) is 0 Å². The predicted octanol–water partition coefficient (Wildman–Crippen LogP) is 3.64. The first kappa shape index (κ1) is 20.3. The summed E-state index contributed by atoms with van der Waals surface area (Å²) in [5, 5.41) is 8.52. The van der Waals surface area contributed by atoms with Gasteiger partial charge < -0.3 is 14.0 Å². The second-order valence-electron chi connectivity index (χ2n) is 7.06. The Labute approximate surface area is 179 Å². The van der Waals surface area contributed by atoms with Crippen LogP contribution in [0.5, 0.6) is 11.5 Å². The lowest BCUT2D eigenvalue weighted by Gasteiger charge is -2.10. The van der Waals surface area contributed by atoms with Crippen LogP contribution in [0.3, 0.4) is 0 Å². The molecule has 1 aromatic carbocycles. The van der Waals surface area contributed by atoms with Crippen LogP contribution in [0.1, 0.15) is 17.0 Å². The minimum absolute atomic E-state index is 0.235. The van der Waals surface area contributed by atoms with Gasteiger partial charge in [-0.2, -0.15) is 5.10 Å². The topological polar surface area (TPSA) is 92.3 Å². The Balaban J connectivity index is 1.66. The molecule has 3 aromatic heterocycles. The van der Waals surface area contributed by atoms with E-state index in [2.05, 4.69) is 15.2 Å². The second kappa shape index (κ2) is 8.43. The number of pyridine rings is 1. The molecule has 8 heteroatoms. The number of hydrogen-bond donors (Lipinski definition) is 0. The SMILES string of the molecule is COc1ccc(-c2cnn(Cc3c(-c4ccc(C)nc4)noc3C)c(=O)c2)cc1OC. The van der Waals surface area contributed by atoms with Gasteiger partial charge in [-0.3, -0.25) is 9.78 Å². The Bertz CT molecular complexity index is 1280. The summed E-state index contributed by atoms with van der Waals surface area (Å²) in [7, 11) is 3.15. The standard InChI is InChI=1S/C23H22N4O4/c1-14-5-6-17(11-24-14)23-19(15(2)31-26-23)13-27-22(28)10-18(12-25-27)16-7-8-20(29-3)21(9-16)30-4/h5-12H,13H2,1-4H3. The number of aromatic nitrogens is 4. The van der Waals surface area contributed by atoms with Crippen LogP contribution in [0.2, 0.25) is 0 Å². The molecule has 0 N–H and O–H groups in total. The first-order chi connectivity index (χ1) is 15.0. The van der Waals surface area contributed by atoms with E-state index in [4.69, 9.17) is 14.0 Å². The highest BCUT2D eigenvalue weighted by Crippen LogP contribution is 2.31. The van der Waals surface area contributed by atoms with Crippen LogP contribution in [0.15, 0.2) is 58.1 Å². The highest BCUT2D eigenvalue weighted by atomic mass is 16.5. The highest BCUT2D eigenvalue weighted by molar-refractivity contribution is 5.66. The molecule has 0 aliphatic heterocycles. The average molecular weight is 418 g/mol. The maximum absolute atomic E-state index is 12.8. The maximum Gasteiger partial charge on any atom is 0.267 e. The molecule has 4 aromatic rings. The van der Waals surface area contributed by atoms with E-state index in [9.17, 15) is 4.79 Å². The Kier molecular flexibility index (Phi) is 5.53. The minimum atomic E-state index is -0.235. The molecule has 3 heterocycles. The lowest BCUT2D eigenvalue weighted by Crippen LogP contribution is -2.23. The third-order valence-electron chi connectivity index (χ3n) is 5.06. The maximum atomic E-state index is 12.8. The van der Waals surface area contributed by atoms with Gasteiger partial charge in [0.15, 0.2) is 11.5 Å². The summed E-state index contributed by atoms with van der Waals surface area (Å²) in [4.78, 5) is 17.1. The molecule has 0 radical (unpaired) electrons. The molecule has 0 bridgehead atoms. The second-order valence-corrected chi connectivity index (χ2v) is 7.06. The zero-order chi connectivity index (χ0) is 22.0. The molecule has 0 unspecified atom stereocenters. The van der Waals surface area contributed by atoms with Crippen LogP contribution in [0.25, 0.3) is 22.4 Å². The van der Waals surface area contributed by atoms with Crippen molar-refractivity contribution >= 4 is 0 Å². The lowest BCUT2D eigenvalue weighted by atomic mass is 10.1. The van der Waals surface area contributed by atoms with Crippen LogP contribution in [0, 0.1) is 13.8 Å². The average Bonchev–Trinajstić information content (AvgIpc) is 3.15. The van der Waals surface area contributed by atoms with E-state index in [1.54, 1.807) is 38.7 Å². The molecule has 4 rings (SSSR count). The Hall–Kier alpha value is -3.94. The van der Waals surface area contributed by atoms with E-state index in [1.165, 1.54) is 4.68 Å². The van der Waals surface area contributed by atoms with Crippen LogP contribution in [-0.4, -0.2) is 34.1 Å². The van der Waals surface area contributed by atoms with Crippen LogP contribution >= 0.6 is 0 Å². The minimum Gasteiger partial charge on any atom is -0.493 e. The molecule has 0 aliphatic carbocycles. The highest BCUT2D eigenvalue weighted by Gasteiger charge is 2.17. The first-order valence-electron chi connectivity index (χ1n) is 9.68. The third-order valence-corrected chi connectivity index (χ3v) is 5.06. The molecule has 8 nitrogen and oxygen atoms in total. The Morgan fingerprint density at radius 2 is 1.71 bits per heavy atom. The van der Waals surface area contributed by atoms with Gasteiger partial charge in [0.25, 0.3) is 5.56 Å². The van der Waals surface area contributed by atoms with Crippen molar-refractivity contribution < 1.29 is 14.0 Å². The molecule has 0 aliphatic rings. The monoisotopic (exact) mass is 418 g/mol. The molecule has 0 amide bonds. The van der Waals surface area contributed by atoms with Crippen LogP contribution in [0.4, 0.5) is 0 Å². The van der Waals surface area contributed by atoms with Crippen molar-refractivity contribution in [1.82, 2.24) is 19.9 Å². The predicted molar refractivity (Wildman–Crippen MR) is 115 cm³/mol. The molecule has 0 spiro atoms. The number of hydrogen-bond acceptors (Lipinski definition) is 7. The number of nitrogens with zero attached hydrogens (tertiary/aromatic N) is 4. The smallest absolute Gasteiger partial charge is 0.267 e. The molecular formula is C23H22N4O4. The molecule has 0 fully saturated rings. The number of aryl methyl sites for hydroxylation is 2. The Morgan fingerprint density at radius 3 is 2.39 bits per heavy atom. The Morgan fingerprint density at radius 1 is 0.935 bits per heavy atom. The fourth-order valence-electron chi connectivity index (χ4n) is 3.29. The van der Waals surface area contributed by atoms with Crippen molar-refractivity contribution in [1.29, 1.82) is 0 Å². The number of methoxy groups -OCH3 is 2. The molecule has 31 heavy (non-hydrogen) atoms. The van der Waals surface area contributed by atoms with Crippen LogP contribution in [-0.2, 0) is 6.54 Å². The summed E-state index contributed by atoms with van der Waals surface area (Å²) in [6.07, 6.45) is 3.39. The fraction of sp³-hybridized carbons (Fsp3) is 0.217. The van der Waals surface area contributed by atoms with E-state index < -0.39 is 0 Å². The van der Waals surface area contributed by atoms with Gasteiger partial charge in [-0.25, -0.2) is 4.68 Å². The summed E-state index contributed by atoms with van der Waals surface area (Å²) in [5.41, 5.74) is 4.44. The van der Waals surface area contributed by atoms with E-state index in [-0.39, 0.29) is 12.1 Å². The zero-order valence-corrected chi connectivity index (χ0v) is 17.7. The number of rotatable bonds is 6. The van der Waals surface area contributed by atoms with Gasteiger partial charge in [0.1, 0.15) is 11.5 Å². The van der Waals surface area contributed by atoms with Crippen molar-refractivity contribution in [2.45, 2.75) is 20.4 Å². The number of ether oxygens (including phenoxy) is 2. The summed E-state index contributed by atoms with van der Waals surface area (Å²) >= 11 is 0. The normalized spacial score (nSPS) is 10.8. The first-order valence-corrected chi connectivity index (χ1v) is 9.68. The summed E-state index contributed by atoms with van der Waals surface area (Å²) in [5.74, 6) is 1.84. The van der Waals surface area contributed by atoms with Gasteiger partial charge >= 0.3 is 0 Å². The summed E-state index contributed by atoms with van der Waals surface area (Å²) in [6, 6.07) is 10.8. The van der Waals surface area contributed by atoms with Crippen molar-refractivity contribution in [3.63, 3.8) is 0 Å². The van der Waals surface area contributed by atoms with Gasteiger partial charge in [0.2, 0.25) is 0 Å². The zero-order valence-electron chi connectivity index (χ0n) is 17.7. The number of benzene rings is 1. The molecule has 0 atom stereocenters. The molecule has 0 saturated carbocycles. The van der Waals surface area contributed by atoms with Crippen LogP contribution < -0.4 is 15.0 Å².